The Bertz CT molecular complexity index is 863. The summed E-state index contributed by atoms with van der Waals surface area (Å²) in [6, 6.07) is 11.1. The average Bonchev–Trinajstić information content (AvgIpc) is 2.94. The molecule has 4 rings (SSSR count). The fourth-order valence-corrected chi connectivity index (χ4v) is 4.04. The molecule has 3 heterocycles. The zero-order valence-corrected chi connectivity index (χ0v) is 14.3. The van der Waals surface area contributed by atoms with Gasteiger partial charge in [0.25, 0.3) is 0 Å². The van der Waals surface area contributed by atoms with Crippen LogP contribution in [0.1, 0.15) is 6.92 Å². The van der Waals surface area contributed by atoms with Gasteiger partial charge in [-0.3, -0.25) is 8.96 Å². The van der Waals surface area contributed by atoms with Crippen LogP contribution in [0.15, 0.2) is 53.7 Å². The third kappa shape index (κ3) is 2.99. The molecule has 1 saturated heterocycles. The molecule has 1 atom stereocenters. The minimum Gasteiger partial charge on any atom is -0.366 e. The number of rotatable bonds is 3. The zero-order valence-electron chi connectivity index (χ0n) is 13.4. The van der Waals surface area contributed by atoms with Crippen molar-refractivity contribution < 1.29 is 4.39 Å². The molecule has 6 heteroatoms. The van der Waals surface area contributed by atoms with Crippen LogP contribution < -0.4 is 10.2 Å². The number of anilines is 1. The van der Waals surface area contributed by atoms with Gasteiger partial charge in [-0.05, 0) is 49.2 Å². The van der Waals surface area contributed by atoms with Gasteiger partial charge < -0.3 is 10.2 Å². The highest BCUT2D eigenvalue weighted by Crippen LogP contribution is 2.33. The lowest BCUT2D eigenvalue weighted by molar-refractivity contribution is 0.485. The fourth-order valence-electron chi connectivity index (χ4n) is 3.11. The summed E-state index contributed by atoms with van der Waals surface area (Å²) < 4.78 is 15.6. The maximum Gasteiger partial charge on any atom is 0.124 e. The molecule has 0 aliphatic carbocycles. The van der Waals surface area contributed by atoms with Gasteiger partial charge in [0.15, 0.2) is 0 Å². The number of benzene rings is 1. The molecule has 0 radical (unpaired) electrons. The van der Waals surface area contributed by atoms with Gasteiger partial charge in [0.05, 0.1) is 11.2 Å². The van der Waals surface area contributed by atoms with E-state index >= 15 is 0 Å². The molecule has 0 amide bonds. The number of pyridine rings is 1. The normalized spacial score (nSPS) is 18.2. The third-order valence-corrected chi connectivity index (χ3v) is 5.18. The minimum atomic E-state index is -0.217. The molecule has 1 unspecified atom stereocenters. The van der Waals surface area contributed by atoms with Crippen molar-refractivity contribution in [3.05, 3.63) is 54.6 Å². The number of piperazine rings is 1. The van der Waals surface area contributed by atoms with E-state index in [1.165, 1.54) is 18.0 Å². The van der Waals surface area contributed by atoms with Crippen molar-refractivity contribution in [2.45, 2.75) is 17.9 Å². The first-order valence-corrected chi connectivity index (χ1v) is 8.86. The van der Waals surface area contributed by atoms with E-state index in [1.54, 1.807) is 12.1 Å². The van der Waals surface area contributed by atoms with Crippen LogP contribution in [0.3, 0.4) is 0 Å². The highest BCUT2D eigenvalue weighted by molar-refractivity contribution is 7.98. The van der Waals surface area contributed by atoms with E-state index in [0.29, 0.717) is 6.04 Å². The molecule has 4 nitrogen and oxygen atoms in total. The van der Waals surface area contributed by atoms with Crippen LogP contribution in [0.5, 0.6) is 0 Å². The van der Waals surface area contributed by atoms with Gasteiger partial charge in [-0.1, -0.05) is 6.07 Å². The summed E-state index contributed by atoms with van der Waals surface area (Å²) in [7, 11) is 0. The summed E-state index contributed by atoms with van der Waals surface area (Å²) in [5, 5.41) is 3.47. The molecular weight excluding hydrogens is 323 g/mol. The predicted molar refractivity (Wildman–Crippen MR) is 97.1 cm³/mol. The van der Waals surface area contributed by atoms with Crippen LogP contribution >= 0.6 is 11.9 Å². The van der Waals surface area contributed by atoms with Crippen molar-refractivity contribution in [1.29, 1.82) is 0 Å². The smallest absolute Gasteiger partial charge is 0.124 e. The minimum absolute atomic E-state index is 0.217. The summed E-state index contributed by atoms with van der Waals surface area (Å²) >= 11 is 1.51. The molecule has 0 saturated carbocycles. The largest absolute Gasteiger partial charge is 0.366 e. The maximum absolute atomic E-state index is 13.5. The summed E-state index contributed by atoms with van der Waals surface area (Å²) in [6.07, 6.45) is 3.94. The van der Waals surface area contributed by atoms with E-state index in [-0.39, 0.29) is 5.82 Å². The number of aromatic nitrogens is 2. The molecule has 124 valence electrons. The summed E-state index contributed by atoms with van der Waals surface area (Å²) in [5.74, 6) is -0.217. The standard InChI is InChI=1S/C18H19FN4S/c1-13-11-22(9-8-20-13)17-12-23(16-6-3-7-21-18(16)17)24-15-5-2-4-14(19)10-15/h2-7,10,12-13,20H,8-9,11H2,1H3. The Morgan fingerprint density at radius 2 is 2.21 bits per heavy atom. The molecule has 1 aromatic carbocycles. The molecule has 3 aromatic rings. The number of nitrogens with one attached hydrogen (secondary N) is 1. The second-order valence-electron chi connectivity index (χ2n) is 6.06. The number of hydrogen-bond donors (Lipinski definition) is 1. The van der Waals surface area contributed by atoms with E-state index < -0.39 is 0 Å². The lowest BCUT2D eigenvalue weighted by atomic mass is 10.2. The van der Waals surface area contributed by atoms with Gasteiger partial charge in [-0.25, -0.2) is 4.39 Å². The number of nitrogens with zero attached hydrogens (tertiary/aromatic N) is 3. The summed E-state index contributed by atoms with van der Waals surface area (Å²) in [6.45, 7) is 5.09. The van der Waals surface area contributed by atoms with Crippen molar-refractivity contribution in [3.8, 4) is 0 Å². The zero-order chi connectivity index (χ0) is 16.5. The Labute approximate surface area is 144 Å². The molecule has 0 bridgehead atoms. The fraction of sp³-hybridized carbons (Fsp3) is 0.278. The van der Waals surface area contributed by atoms with E-state index in [0.717, 1.165) is 41.3 Å². The van der Waals surface area contributed by atoms with Crippen LogP contribution in [0.4, 0.5) is 10.1 Å². The van der Waals surface area contributed by atoms with E-state index in [1.807, 2.05) is 18.3 Å². The summed E-state index contributed by atoms with van der Waals surface area (Å²) in [4.78, 5) is 7.84. The second-order valence-corrected chi connectivity index (χ2v) is 7.11. The topological polar surface area (TPSA) is 33.1 Å². The SMILES string of the molecule is CC1CN(c2cn(Sc3cccc(F)c3)c3cccnc23)CCN1. The van der Waals surface area contributed by atoms with Gasteiger partial charge in [0.2, 0.25) is 0 Å². The highest BCUT2D eigenvalue weighted by Gasteiger charge is 2.21. The number of hydrogen-bond acceptors (Lipinski definition) is 4. The first kappa shape index (κ1) is 15.5. The van der Waals surface area contributed by atoms with Crippen LogP contribution in [0.25, 0.3) is 11.0 Å². The van der Waals surface area contributed by atoms with Crippen molar-refractivity contribution in [3.63, 3.8) is 0 Å². The van der Waals surface area contributed by atoms with Gasteiger partial charge in [0.1, 0.15) is 11.3 Å². The third-order valence-electron chi connectivity index (χ3n) is 4.22. The molecule has 1 aliphatic rings. The van der Waals surface area contributed by atoms with Crippen molar-refractivity contribution in [2.75, 3.05) is 24.5 Å². The predicted octanol–water partition coefficient (Wildman–Crippen LogP) is 3.53. The number of halogens is 1. The Balaban J connectivity index is 1.73. The lowest BCUT2D eigenvalue weighted by Gasteiger charge is -2.32. The molecule has 1 N–H and O–H groups in total. The first-order valence-electron chi connectivity index (χ1n) is 8.09. The van der Waals surface area contributed by atoms with E-state index in [2.05, 4.69) is 38.4 Å². The van der Waals surface area contributed by atoms with Crippen molar-refractivity contribution in [1.82, 2.24) is 14.3 Å². The van der Waals surface area contributed by atoms with Crippen LogP contribution in [-0.2, 0) is 0 Å². The Kier molecular flexibility index (Phi) is 4.16. The molecular formula is C18H19FN4S. The van der Waals surface area contributed by atoms with Crippen LogP contribution in [0, 0.1) is 5.82 Å². The molecule has 1 aliphatic heterocycles. The maximum atomic E-state index is 13.5. The molecule has 1 fully saturated rings. The molecule has 24 heavy (non-hydrogen) atoms. The average molecular weight is 342 g/mol. The Morgan fingerprint density at radius 3 is 3.04 bits per heavy atom. The lowest BCUT2D eigenvalue weighted by Crippen LogP contribution is -2.49. The molecule has 0 spiro atoms. The van der Waals surface area contributed by atoms with Crippen molar-refractivity contribution in [2.24, 2.45) is 0 Å². The van der Waals surface area contributed by atoms with Gasteiger partial charge in [-0.15, -0.1) is 0 Å². The van der Waals surface area contributed by atoms with E-state index in [9.17, 15) is 4.39 Å². The quantitative estimate of drug-likeness (QED) is 0.789. The Morgan fingerprint density at radius 1 is 1.29 bits per heavy atom. The van der Waals surface area contributed by atoms with Gasteiger partial charge >= 0.3 is 0 Å². The van der Waals surface area contributed by atoms with Crippen LogP contribution in [0.2, 0.25) is 0 Å². The van der Waals surface area contributed by atoms with Crippen molar-refractivity contribution >= 4 is 28.7 Å². The highest BCUT2D eigenvalue weighted by atomic mass is 32.2. The monoisotopic (exact) mass is 342 g/mol. The Hall–Kier alpha value is -2.05. The van der Waals surface area contributed by atoms with Crippen LogP contribution in [-0.4, -0.2) is 34.6 Å². The van der Waals surface area contributed by atoms with Gasteiger partial charge in [0, 0.05) is 43.0 Å². The number of fused-ring (bicyclic) bond motifs is 1. The second kappa shape index (κ2) is 6.45. The molecule has 2 aromatic heterocycles. The van der Waals surface area contributed by atoms with E-state index in [4.69, 9.17) is 0 Å². The van der Waals surface area contributed by atoms with Gasteiger partial charge in [-0.2, -0.15) is 0 Å². The summed E-state index contributed by atoms with van der Waals surface area (Å²) in [5.41, 5.74) is 3.19. The first-order chi connectivity index (χ1) is 11.7.